The van der Waals surface area contributed by atoms with Crippen LogP contribution in [0.25, 0.3) is 0 Å². The number of hydrogen-bond donors (Lipinski definition) is 2. The number of thiazole rings is 1. The van der Waals surface area contributed by atoms with Crippen LogP contribution in [-0.4, -0.2) is 41.7 Å². The van der Waals surface area contributed by atoms with Crippen molar-refractivity contribution in [1.82, 2.24) is 4.98 Å². The second-order valence-electron chi connectivity index (χ2n) is 12.8. The summed E-state index contributed by atoms with van der Waals surface area (Å²) >= 11 is 8.52. The summed E-state index contributed by atoms with van der Waals surface area (Å²) in [6, 6.07) is 16.3. The molecule has 15 heteroatoms. The van der Waals surface area contributed by atoms with Crippen LogP contribution < -0.4 is 24.6 Å². The maximum atomic E-state index is 14.0. The number of thioether (sulfide) groups is 1. The zero-order valence-corrected chi connectivity index (χ0v) is 28.4. The van der Waals surface area contributed by atoms with Gasteiger partial charge in [-0.1, -0.05) is 35.1 Å². The maximum absolute atomic E-state index is 14.0. The van der Waals surface area contributed by atoms with E-state index in [4.69, 9.17) is 21.1 Å². The number of aromatic nitrogens is 1. The number of amides is 3. The summed E-state index contributed by atoms with van der Waals surface area (Å²) < 4.78 is 52.1. The third-order valence-electron chi connectivity index (χ3n) is 10.2. The minimum atomic E-state index is -4.63. The van der Waals surface area contributed by atoms with Gasteiger partial charge in [0, 0.05) is 26.8 Å². The summed E-state index contributed by atoms with van der Waals surface area (Å²) in [5, 5.41) is 3.86. The number of rotatable bonds is 7. The van der Waals surface area contributed by atoms with Crippen molar-refractivity contribution in [1.29, 1.82) is 0 Å². The van der Waals surface area contributed by atoms with Gasteiger partial charge in [-0.05, 0) is 84.3 Å². The Bertz CT molecular complexity index is 2100. The number of halogens is 4. The minimum Gasteiger partial charge on any atom is -0.493 e. The van der Waals surface area contributed by atoms with E-state index in [1.807, 2.05) is 6.07 Å². The fourth-order valence-electron chi connectivity index (χ4n) is 8.34. The number of ether oxygens (including phenoxy) is 2. The summed E-state index contributed by atoms with van der Waals surface area (Å²) in [6.45, 7) is -0.294. The lowest BCUT2D eigenvalue weighted by atomic mass is 9.68. The Morgan fingerprint density at radius 2 is 1.74 bits per heavy atom. The molecule has 6 unspecified atom stereocenters. The standard InChI is InChI=1S/C35H27ClF3N3O6S2/c1-47-23-11-15(5-10-22(23)48-14-24(43)40-18-8-6-17(36)7-9-18)25-26-20-13-21(29(26)49-31-30(25)50-34(46)41-31)28-27(20)32(44)42(33(28)45)19-4-2-3-16(12-19)35(37,38)39/h2-12,20-21,25-29H,13-14H2,1H3,(H,40,43)(H,41,46)/t20?,21?,25-,26?,27?,28?,29?/m1/s1. The molecule has 8 rings (SSSR count). The second kappa shape index (κ2) is 12.2. The first kappa shape index (κ1) is 32.9. The maximum Gasteiger partial charge on any atom is 0.416 e. The summed E-state index contributed by atoms with van der Waals surface area (Å²) in [5.41, 5.74) is 0.352. The van der Waals surface area contributed by atoms with Gasteiger partial charge in [0.15, 0.2) is 18.1 Å². The number of carbonyl (C=O) groups excluding carboxylic acids is 3. The zero-order valence-electron chi connectivity index (χ0n) is 26.0. The summed E-state index contributed by atoms with van der Waals surface area (Å²) in [5.74, 6) is -2.95. The van der Waals surface area contributed by atoms with Crippen molar-refractivity contribution >= 4 is 63.8 Å². The van der Waals surface area contributed by atoms with Gasteiger partial charge in [0.1, 0.15) is 0 Å². The molecular formula is C35H27ClF3N3O6S2. The van der Waals surface area contributed by atoms with Crippen LogP contribution in [-0.2, 0) is 20.6 Å². The number of alkyl halides is 3. The van der Waals surface area contributed by atoms with E-state index >= 15 is 0 Å². The molecule has 3 amide bonds. The second-order valence-corrected chi connectivity index (χ2v) is 15.4. The van der Waals surface area contributed by atoms with E-state index in [1.165, 1.54) is 31.0 Å². The van der Waals surface area contributed by atoms with Gasteiger partial charge < -0.3 is 19.8 Å². The summed E-state index contributed by atoms with van der Waals surface area (Å²) in [4.78, 5) is 57.6. The first-order valence-electron chi connectivity index (χ1n) is 15.7. The fourth-order valence-corrected chi connectivity index (χ4v) is 11.4. The Morgan fingerprint density at radius 1 is 1.00 bits per heavy atom. The number of fused-ring (bicyclic) bond motifs is 9. The van der Waals surface area contributed by atoms with Gasteiger partial charge in [0.05, 0.1) is 35.2 Å². The Hall–Kier alpha value is -4.27. The van der Waals surface area contributed by atoms with Crippen molar-refractivity contribution < 1.29 is 37.0 Å². The number of imide groups is 1. The number of aromatic amines is 1. The molecule has 0 radical (unpaired) electrons. The highest BCUT2D eigenvalue weighted by atomic mass is 35.5. The highest BCUT2D eigenvalue weighted by Crippen LogP contribution is 2.69. The Balaban J connectivity index is 1.09. The highest BCUT2D eigenvalue weighted by molar-refractivity contribution is 8.00. The van der Waals surface area contributed by atoms with E-state index in [1.54, 1.807) is 36.4 Å². The van der Waals surface area contributed by atoms with Crippen molar-refractivity contribution in [3.05, 3.63) is 97.4 Å². The lowest BCUT2D eigenvalue weighted by molar-refractivity contribution is -0.137. The Labute approximate surface area is 296 Å². The van der Waals surface area contributed by atoms with Crippen LogP contribution in [0.15, 0.2) is 76.6 Å². The van der Waals surface area contributed by atoms with Gasteiger partial charge in [0.2, 0.25) is 11.8 Å². The van der Waals surface area contributed by atoms with Crippen LogP contribution in [0.2, 0.25) is 5.02 Å². The fraction of sp³-hybridized carbons (Fsp3) is 0.314. The van der Waals surface area contributed by atoms with Crippen LogP contribution in [0, 0.1) is 29.6 Å². The first-order chi connectivity index (χ1) is 23.9. The molecule has 2 aliphatic heterocycles. The third kappa shape index (κ3) is 5.39. The predicted octanol–water partition coefficient (Wildman–Crippen LogP) is 6.81. The van der Waals surface area contributed by atoms with Crippen LogP contribution in [0.3, 0.4) is 0 Å². The van der Waals surface area contributed by atoms with Crippen molar-refractivity contribution in [3.8, 4) is 11.5 Å². The number of methoxy groups -OCH3 is 1. The van der Waals surface area contributed by atoms with E-state index in [0.717, 1.165) is 38.8 Å². The molecule has 2 bridgehead atoms. The molecule has 3 heterocycles. The molecule has 258 valence electrons. The van der Waals surface area contributed by atoms with E-state index in [9.17, 15) is 32.3 Å². The summed E-state index contributed by atoms with van der Waals surface area (Å²) in [7, 11) is 1.48. The average molecular weight is 742 g/mol. The number of anilines is 2. The van der Waals surface area contributed by atoms with Crippen molar-refractivity contribution in [2.75, 3.05) is 23.9 Å². The molecule has 3 fully saturated rings. The van der Waals surface area contributed by atoms with E-state index in [0.29, 0.717) is 33.7 Å². The van der Waals surface area contributed by atoms with Crippen molar-refractivity contribution in [2.45, 2.75) is 28.8 Å². The molecule has 1 saturated heterocycles. The van der Waals surface area contributed by atoms with Gasteiger partial charge >= 0.3 is 11.0 Å². The summed E-state index contributed by atoms with van der Waals surface area (Å²) in [6.07, 6.45) is -4.02. The quantitative estimate of drug-likeness (QED) is 0.200. The molecule has 0 spiro atoms. The Kier molecular flexibility index (Phi) is 8.03. The molecule has 7 atom stereocenters. The van der Waals surface area contributed by atoms with Gasteiger partial charge in [-0.3, -0.25) is 24.1 Å². The van der Waals surface area contributed by atoms with Crippen LogP contribution >= 0.6 is 34.7 Å². The number of hydrogen-bond acceptors (Lipinski definition) is 8. The van der Waals surface area contributed by atoms with E-state index in [2.05, 4.69) is 10.3 Å². The predicted molar refractivity (Wildman–Crippen MR) is 181 cm³/mol. The Morgan fingerprint density at radius 3 is 2.46 bits per heavy atom. The molecule has 9 nitrogen and oxygen atoms in total. The normalized spacial score (nSPS) is 26.4. The van der Waals surface area contributed by atoms with Crippen molar-refractivity contribution in [3.63, 3.8) is 0 Å². The van der Waals surface area contributed by atoms with Gasteiger partial charge in [0.25, 0.3) is 5.91 Å². The SMILES string of the molecule is COc1cc([C@H]2c3sc(=O)[nH]c3SC3C4CC(C5C(=O)N(c6cccc(C(F)(F)F)c6)C(=O)C45)C32)ccc1OCC(=O)Nc1ccc(Cl)cc1. The molecule has 50 heavy (non-hydrogen) atoms. The minimum absolute atomic E-state index is 0.0820. The molecule has 3 aromatic carbocycles. The van der Waals surface area contributed by atoms with E-state index in [-0.39, 0.29) is 52.0 Å². The highest BCUT2D eigenvalue weighted by Gasteiger charge is 2.69. The molecule has 4 aliphatic rings. The third-order valence-corrected chi connectivity index (χ3v) is 13.0. The van der Waals surface area contributed by atoms with Gasteiger partial charge in [-0.15, -0.1) is 11.8 Å². The average Bonchev–Trinajstić information content (AvgIpc) is 3.83. The van der Waals surface area contributed by atoms with Crippen LogP contribution in [0.4, 0.5) is 24.5 Å². The van der Waals surface area contributed by atoms with Crippen LogP contribution in [0.5, 0.6) is 11.5 Å². The molecular weight excluding hydrogens is 715 g/mol. The van der Waals surface area contributed by atoms with Gasteiger partial charge in [-0.2, -0.15) is 13.2 Å². The largest absolute Gasteiger partial charge is 0.493 e. The number of nitrogens with one attached hydrogen (secondary N) is 2. The molecule has 4 aromatic rings. The van der Waals surface area contributed by atoms with Crippen LogP contribution in [0.1, 0.15) is 28.3 Å². The zero-order chi connectivity index (χ0) is 35.1. The lowest BCUT2D eigenvalue weighted by Gasteiger charge is -2.43. The monoisotopic (exact) mass is 741 g/mol. The molecule has 2 aliphatic carbocycles. The molecule has 2 N–H and O–H groups in total. The number of benzene rings is 3. The number of carbonyl (C=O) groups is 3. The lowest BCUT2D eigenvalue weighted by Crippen LogP contribution is -2.42. The topological polar surface area (TPSA) is 118 Å². The van der Waals surface area contributed by atoms with E-state index < -0.39 is 35.4 Å². The molecule has 2 saturated carbocycles. The van der Waals surface area contributed by atoms with Crippen molar-refractivity contribution in [2.24, 2.45) is 29.6 Å². The number of nitrogens with zero attached hydrogens (tertiary/aromatic N) is 1. The first-order valence-corrected chi connectivity index (χ1v) is 17.8. The van der Waals surface area contributed by atoms with Gasteiger partial charge in [-0.25, -0.2) is 0 Å². The smallest absolute Gasteiger partial charge is 0.416 e. The molecule has 1 aromatic heterocycles. The number of H-pyrrole nitrogens is 1.